The van der Waals surface area contributed by atoms with Gasteiger partial charge in [0.15, 0.2) is 0 Å². The Labute approximate surface area is 128 Å². The van der Waals surface area contributed by atoms with Crippen molar-refractivity contribution in [3.05, 3.63) is 23.3 Å². The number of nitrogen functional groups attached to an aromatic ring is 1. The maximum absolute atomic E-state index is 12.7. The second kappa shape index (κ2) is 6.36. The maximum atomic E-state index is 12.7. The van der Waals surface area contributed by atoms with Crippen molar-refractivity contribution in [1.82, 2.24) is 4.72 Å². The van der Waals surface area contributed by atoms with Gasteiger partial charge in [0.2, 0.25) is 10.0 Å². The van der Waals surface area contributed by atoms with E-state index >= 15 is 0 Å². The zero-order valence-electron chi connectivity index (χ0n) is 13.1. The summed E-state index contributed by atoms with van der Waals surface area (Å²) in [6.45, 7) is 5.87. The third kappa shape index (κ3) is 3.98. The van der Waals surface area contributed by atoms with Crippen molar-refractivity contribution in [2.45, 2.75) is 63.8 Å². The van der Waals surface area contributed by atoms with Crippen molar-refractivity contribution in [1.29, 1.82) is 0 Å². The molecule has 1 saturated carbocycles. The molecule has 118 valence electrons. The van der Waals surface area contributed by atoms with E-state index in [1.165, 1.54) is 12.8 Å². The summed E-state index contributed by atoms with van der Waals surface area (Å²) in [6, 6.07) is 3.62. The first kappa shape index (κ1) is 16.3. The Morgan fingerprint density at radius 3 is 2.48 bits per heavy atom. The Kier molecular flexibility index (Phi) is 4.94. The van der Waals surface area contributed by atoms with Crippen molar-refractivity contribution >= 4 is 15.7 Å². The predicted octanol–water partition coefficient (Wildman–Crippen LogP) is 2.86. The highest BCUT2D eigenvalue weighted by Gasteiger charge is 2.27. The molecule has 0 radical (unpaired) electrons. The molecule has 21 heavy (non-hydrogen) atoms. The molecule has 1 aliphatic carbocycles. The number of sulfonamides is 1. The smallest absolute Gasteiger partial charge is 0.241 e. The van der Waals surface area contributed by atoms with E-state index in [0.29, 0.717) is 22.9 Å². The molecule has 0 bridgehead atoms. The first-order chi connectivity index (χ1) is 9.87. The lowest BCUT2D eigenvalue weighted by molar-refractivity contribution is 0.529. The van der Waals surface area contributed by atoms with Gasteiger partial charge in [-0.25, -0.2) is 13.1 Å². The van der Waals surface area contributed by atoms with Gasteiger partial charge in [0.05, 0.1) is 4.90 Å². The zero-order chi connectivity index (χ0) is 15.6. The highest BCUT2D eigenvalue weighted by molar-refractivity contribution is 7.89. The molecular weight excluding hydrogens is 284 g/mol. The van der Waals surface area contributed by atoms with E-state index in [2.05, 4.69) is 4.72 Å². The molecule has 0 spiro atoms. The molecule has 1 fully saturated rings. The lowest BCUT2D eigenvalue weighted by atomic mass is 10.1. The summed E-state index contributed by atoms with van der Waals surface area (Å²) in [6.07, 6.45) is 4.76. The minimum absolute atomic E-state index is 0.0290. The number of hydrogen-bond acceptors (Lipinski definition) is 3. The standard InChI is InChI=1S/C16H26N2O2S/c1-4-12-9-15(17)14(5-2)16(10-12)21(19,20)18-11(3)8-13-6-7-13/h9-11,13,18H,4-8,17H2,1-3H3. The quantitative estimate of drug-likeness (QED) is 0.761. The molecule has 4 nitrogen and oxygen atoms in total. The molecule has 0 heterocycles. The SMILES string of the molecule is CCc1cc(N)c(CC)c(S(=O)(=O)NC(C)CC2CC2)c1. The van der Waals surface area contributed by atoms with Gasteiger partial charge in [0.1, 0.15) is 0 Å². The van der Waals surface area contributed by atoms with Gasteiger partial charge in [-0.2, -0.15) is 0 Å². The maximum Gasteiger partial charge on any atom is 0.241 e. The summed E-state index contributed by atoms with van der Waals surface area (Å²) >= 11 is 0. The van der Waals surface area contributed by atoms with E-state index < -0.39 is 10.0 Å². The molecule has 1 aromatic carbocycles. The minimum Gasteiger partial charge on any atom is -0.398 e. The average molecular weight is 310 g/mol. The first-order valence-corrected chi connectivity index (χ1v) is 9.29. The molecule has 1 unspecified atom stereocenters. The summed E-state index contributed by atoms with van der Waals surface area (Å²) in [4.78, 5) is 0.351. The molecule has 1 aromatic rings. The van der Waals surface area contributed by atoms with Crippen LogP contribution >= 0.6 is 0 Å². The van der Waals surface area contributed by atoms with Gasteiger partial charge >= 0.3 is 0 Å². The van der Waals surface area contributed by atoms with Gasteiger partial charge in [-0.05, 0) is 55.4 Å². The van der Waals surface area contributed by atoms with Crippen molar-refractivity contribution in [2.75, 3.05) is 5.73 Å². The van der Waals surface area contributed by atoms with Crippen LogP contribution < -0.4 is 10.5 Å². The first-order valence-electron chi connectivity index (χ1n) is 7.81. The van der Waals surface area contributed by atoms with Crippen LogP contribution in [0.1, 0.15) is 51.2 Å². The van der Waals surface area contributed by atoms with Gasteiger partial charge in [-0.1, -0.05) is 26.7 Å². The molecule has 3 N–H and O–H groups in total. The lowest BCUT2D eigenvalue weighted by Gasteiger charge is -2.18. The fourth-order valence-electron chi connectivity index (χ4n) is 2.78. The molecule has 0 aromatic heterocycles. The van der Waals surface area contributed by atoms with Gasteiger partial charge < -0.3 is 5.73 Å². The van der Waals surface area contributed by atoms with E-state index in [4.69, 9.17) is 5.73 Å². The summed E-state index contributed by atoms with van der Waals surface area (Å²) in [7, 11) is -3.51. The van der Waals surface area contributed by atoms with Gasteiger partial charge in [-0.15, -0.1) is 0 Å². The van der Waals surface area contributed by atoms with Crippen LogP contribution in [0.15, 0.2) is 17.0 Å². The number of nitrogens with two attached hydrogens (primary N) is 1. The fourth-order valence-corrected chi connectivity index (χ4v) is 4.42. The van der Waals surface area contributed by atoms with E-state index in [-0.39, 0.29) is 6.04 Å². The van der Waals surface area contributed by atoms with Gasteiger partial charge in [-0.3, -0.25) is 0 Å². The highest BCUT2D eigenvalue weighted by Crippen LogP contribution is 2.34. The molecule has 0 aliphatic heterocycles. The normalized spacial score (nSPS) is 16.9. The van der Waals surface area contributed by atoms with E-state index in [1.54, 1.807) is 6.07 Å². The zero-order valence-corrected chi connectivity index (χ0v) is 14.0. The number of benzene rings is 1. The number of rotatable bonds is 7. The fraction of sp³-hybridized carbons (Fsp3) is 0.625. The van der Waals surface area contributed by atoms with E-state index in [1.807, 2.05) is 26.8 Å². The van der Waals surface area contributed by atoms with Crippen LogP contribution in [-0.4, -0.2) is 14.5 Å². The third-order valence-electron chi connectivity index (χ3n) is 4.09. The van der Waals surface area contributed by atoms with Crippen LogP contribution in [0.3, 0.4) is 0 Å². The predicted molar refractivity (Wildman–Crippen MR) is 86.7 cm³/mol. The second-order valence-electron chi connectivity index (χ2n) is 6.07. The second-order valence-corrected chi connectivity index (χ2v) is 7.75. The number of hydrogen-bond donors (Lipinski definition) is 2. The molecule has 0 saturated heterocycles. The largest absolute Gasteiger partial charge is 0.398 e. The van der Waals surface area contributed by atoms with Gasteiger partial charge in [0, 0.05) is 11.7 Å². The average Bonchev–Trinajstić information content (AvgIpc) is 3.20. The molecule has 0 amide bonds. The Balaban J connectivity index is 2.30. The minimum atomic E-state index is -3.51. The topological polar surface area (TPSA) is 72.2 Å². The van der Waals surface area contributed by atoms with Crippen molar-refractivity contribution in [3.63, 3.8) is 0 Å². The number of aryl methyl sites for hydroxylation is 1. The monoisotopic (exact) mass is 310 g/mol. The Hall–Kier alpha value is -1.07. The number of anilines is 1. The van der Waals surface area contributed by atoms with Crippen molar-refractivity contribution in [2.24, 2.45) is 5.92 Å². The van der Waals surface area contributed by atoms with Crippen LogP contribution in [0.25, 0.3) is 0 Å². The van der Waals surface area contributed by atoms with Crippen molar-refractivity contribution in [3.8, 4) is 0 Å². The highest BCUT2D eigenvalue weighted by atomic mass is 32.2. The van der Waals surface area contributed by atoms with Crippen LogP contribution in [0, 0.1) is 5.92 Å². The molecule has 2 rings (SSSR count). The van der Waals surface area contributed by atoms with Crippen LogP contribution in [-0.2, 0) is 22.9 Å². The van der Waals surface area contributed by atoms with Crippen LogP contribution in [0.5, 0.6) is 0 Å². The van der Waals surface area contributed by atoms with Crippen LogP contribution in [0.2, 0.25) is 0 Å². The summed E-state index contributed by atoms with van der Waals surface area (Å²) in [5.41, 5.74) is 8.29. The number of nitrogens with one attached hydrogen (secondary N) is 1. The van der Waals surface area contributed by atoms with Crippen molar-refractivity contribution < 1.29 is 8.42 Å². The Morgan fingerprint density at radius 2 is 1.95 bits per heavy atom. The van der Waals surface area contributed by atoms with E-state index in [0.717, 1.165) is 24.0 Å². The molecule has 5 heteroatoms. The summed E-state index contributed by atoms with van der Waals surface area (Å²) in [5.74, 6) is 0.695. The van der Waals surface area contributed by atoms with Gasteiger partial charge in [0.25, 0.3) is 0 Å². The molecule has 1 aliphatic rings. The molecule has 1 atom stereocenters. The summed E-state index contributed by atoms with van der Waals surface area (Å²) < 4.78 is 28.2. The Bertz CT molecular complexity index is 607. The Morgan fingerprint density at radius 1 is 1.29 bits per heavy atom. The molecular formula is C16H26N2O2S. The summed E-state index contributed by atoms with van der Waals surface area (Å²) in [5, 5.41) is 0. The lowest BCUT2D eigenvalue weighted by Crippen LogP contribution is -2.33. The van der Waals surface area contributed by atoms with E-state index in [9.17, 15) is 8.42 Å². The third-order valence-corrected chi connectivity index (χ3v) is 5.75. The van der Waals surface area contributed by atoms with Crippen LogP contribution in [0.4, 0.5) is 5.69 Å².